The monoisotopic (exact) mass is 350 g/mol. The Morgan fingerprint density at radius 3 is 2.38 bits per heavy atom. The van der Waals surface area contributed by atoms with E-state index in [1.54, 1.807) is 7.11 Å². The van der Waals surface area contributed by atoms with Gasteiger partial charge in [0.25, 0.3) is 0 Å². The molecule has 0 fully saturated rings. The molecule has 0 saturated heterocycles. The van der Waals surface area contributed by atoms with Gasteiger partial charge in [-0.1, -0.05) is 31.2 Å². The number of nitrogens with one attached hydrogen (secondary N) is 1. The van der Waals surface area contributed by atoms with E-state index in [1.807, 2.05) is 48.5 Å². The number of methoxy groups -OCH3 is 1. The van der Waals surface area contributed by atoms with E-state index in [0.717, 1.165) is 23.4 Å². The number of aromatic nitrogens is 4. The Morgan fingerprint density at radius 1 is 1.12 bits per heavy atom. The molecule has 3 rings (SSSR count). The van der Waals surface area contributed by atoms with E-state index in [1.165, 1.54) is 5.56 Å². The van der Waals surface area contributed by atoms with Crippen molar-refractivity contribution in [3.05, 3.63) is 65.5 Å². The molecule has 1 heterocycles. The number of carbonyl (C=O) groups is 1. The van der Waals surface area contributed by atoms with Gasteiger partial charge in [-0.15, -0.1) is 0 Å². The fourth-order valence-electron chi connectivity index (χ4n) is 2.64. The number of hydrogen-bond donors (Lipinski definition) is 1. The first-order valence-electron chi connectivity index (χ1n) is 8.41. The number of rotatable bonds is 7. The highest BCUT2D eigenvalue weighted by molar-refractivity contribution is 5.95. The number of ether oxygens (including phenoxy) is 1. The third-order valence-electron chi connectivity index (χ3n) is 4.19. The molecule has 0 aliphatic heterocycles. The van der Waals surface area contributed by atoms with E-state index in [9.17, 15) is 4.79 Å². The summed E-state index contributed by atoms with van der Waals surface area (Å²) >= 11 is 0. The van der Waals surface area contributed by atoms with Crippen LogP contribution >= 0.6 is 0 Å². The highest BCUT2D eigenvalue weighted by atomic mass is 16.5. The van der Waals surface area contributed by atoms with Crippen molar-refractivity contribution in [2.24, 2.45) is 0 Å². The maximum absolute atomic E-state index is 12.8. The number of anilines is 1. The van der Waals surface area contributed by atoms with Crippen LogP contribution in [0.1, 0.15) is 29.8 Å². The molecular weight excluding hydrogens is 330 g/mol. The number of nitrogens with zero attached hydrogens (tertiary/aromatic N) is 4. The van der Waals surface area contributed by atoms with Crippen molar-refractivity contribution < 1.29 is 9.53 Å². The third kappa shape index (κ3) is 4.24. The van der Waals surface area contributed by atoms with Gasteiger partial charge in [-0.05, 0) is 48.2 Å². The lowest BCUT2D eigenvalue weighted by Gasteiger charge is -2.17. The van der Waals surface area contributed by atoms with Gasteiger partial charge < -0.3 is 15.2 Å². The van der Waals surface area contributed by atoms with Crippen molar-refractivity contribution in [2.45, 2.75) is 25.7 Å². The zero-order valence-corrected chi connectivity index (χ0v) is 14.7. The first kappa shape index (κ1) is 17.6. The molecule has 1 atom stereocenters. The van der Waals surface area contributed by atoms with E-state index in [-0.39, 0.29) is 5.91 Å². The van der Waals surface area contributed by atoms with E-state index >= 15 is 0 Å². The number of hydrogen-bond acceptors (Lipinski definition) is 5. The van der Waals surface area contributed by atoms with Crippen molar-refractivity contribution >= 4 is 11.6 Å². The normalized spacial score (nSPS) is 11.8. The molecule has 7 nitrogen and oxygen atoms in total. The van der Waals surface area contributed by atoms with Gasteiger partial charge in [0.05, 0.1) is 13.0 Å². The van der Waals surface area contributed by atoms with Crippen LogP contribution in [0.2, 0.25) is 0 Å². The summed E-state index contributed by atoms with van der Waals surface area (Å²) in [6.45, 7) is 2.09. The van der Waals surface area contributed by atoms with Gasteiger partial charge in [-0.2, -0.15) is 5.21 Å². The Labute approximate surface area is 151 Å². The lowest BCUT2D eigenvalue weighted by molar-refractivity contribution is -0.117. The fourth-order valence-corrected chi connectivity index (χ4v) is 2.64. The Hall–Kier alpha value is -3.22. The molecule has 0 spiro atoms. The van der Waals surface area contributed by atoms with Crippen LogP contribution in [-0.4, -0.2) is 28.5 Å². The van der Waals surface area contributed by atoms with Crippen molar-refractivity contribution in [3.63, 3.8) is 0 Å². The average Bonchev–Trinajstić information content (AvgIpc) is 3.21. The maximum Gasteiger partial charge on any atom is 0.232 e. The molecule has 0 aliphatic rings. The first-order chi connectivity index (χ1) is 12.7. The summed E-state index contributed by atoms with van der Waals surface area (Å²) in [5.74, 6) is 0.297. The summed E-state index contributed by atoms with van der Waals surface area (Å²) < 4.78 is 5.17. The van der Waals surface area contributed by atoms with Crippen LogP contribution in [0, 0.1) is 0 Å². The van der Waals surface area contributed by atoms with Gasteiger partial charge >= 0.3 is 0 Å². The van der Waals surface area contributed by atoms with Gasteiger partial charge in [0.1, 0.15) is 5.75 Å². The van der Waals surface area contributed by atoms with Gasteiger partial charge in [-0.25, -0.2) is 0 Å². The second-order valence-corrected chi connectivity index (χ2v) is 5.88. The Kier molecular flexibility index (Phi) is 5.58. The molecule has 0 radical (unpaired) electrons. The Balaban J connectivity index is 1.77. The molecule has 2 aromatic carbocycles. The van der Waals surface area contributed by atoms with Crippen LogP contribution < -0.4 is 15.2 Å². The fraction of sp³-hybridized carbons (Fsp3) is 0.263. The summed E-state index contributed by atoms with van der Waals surface area (Å²) in [6.07, 6.45) is 1.39. The summed E-state index contributed by atoms with van der Waals surface area (Å²) in [7, 11) is 1.62. The van der Waals surface area contributed by atoms with Crippen molar-refractivity contribution in [3.8, 4) is 5.75 Å². The predicted octanol–water partition coefficient (Wildman–Crippen LogP) is 2.36. The van der Waals surface area contributed by atoms with Crippen LogP contribution in [0.15, 0.2) is 48.5 Å². The standard InChI is InChI=1S/C19H21N5O2/c1-3-13-4-8-15(9-5-13)20-19(25)17(18-21-23-24-22-18)12-14-6-10-16(26-2)11-7-14/h4-11,17H,3,12H2,1-2H3,(H2,20,21,22,23,24,25)/p-1/t17-/m1/s1. The molecule has 1 aromatic heterocycles. The Morgan fingerprint density at radius 2 is 1.81 bits per heavy atom. The molecule has 134 valence electrons. The van der Waals surface area contributed by atoms with Gasteiger partial charge in [-0.3, -0.25) is 15.1 Å². The maximum atomic E-state index is 12.8. The van der Waals surface area contributed by atoms with E-state index in [2.05, 4.69) is 32.9 Å². The lowest BCUT2D eigenvalue weighted by Crippen LogP contribution is -2.24. The molecule has 26 heavy (non-hydrogen) atoms. The van der Waals surface area contributed by atoms with Crippen LogP contribution in [-0.2, 0) is 17.6 Å². The summed E-state index contributed by atoms with van der Waals surface area (Å²) in [5, 5.41) is 17.7. The van der Waals surface area contributed by atoms with E-state index in [0.29, 0.717) is 12.2 Å². The highest BCUT2D eigenvalue weighted by Crippen LogP contribution is 2.21. The molecule has 7 heteroatoms. The van der Waals surface area contributed by atoms with Crippen LogP contribution in [0.25, 0.3) is 0 Å². The average molecular weight is 350 g/mol. The first-order valence-corrected chi connectivity index (χ1v) is 8.41. The third-order valence-corrected chi connectivity index (χ3v) is 4.19. The molecule has 0 saturated carbocycles. The van der Waals surface area contributed by atoms with Crippen LogP contribution in [0.5, 0.6) is 5.75 Å². The minimum Gasteiger partial charge on any atom is -0.497 e. The van der Waals surface area contributed by atoms with Gasteiger partial charge in [0.2, 0.25) is 5.91 Å². The summed E-state index contributed by atoms with van der Waals surface area (Å²) in [6, 6.07) is 15.3. The van der Waals surface area contributed by atoms with Crippen LogP contribution in [0.4, 0.5) is 5.69 Å². The predicted molar refractivity (Wildman–Crippen MR) is 97.0 cm³/mol. The van der Waals surface area contributed by atoms with E-state index < -0.39 is 5.92 Å². The largest absolute Gasteiger partial charge is 0.497 e. The topological polar surface area (TPSA) is 91.1 Å². The van der Waals surface area contributed by atoms with Crippen molar-refractivity contribution in [1.82, 2.24) is 20.6 Å². The molecule has 1 amide bonds. The minimum absolute atomic E-state index is 0.195. The summed E-state index contributed by atoms with van der Waals surface area (Å²) in [4.78, 5) is 12.8. The number of benzene rings is 2. The molecule has 1 N–H and O–H groups in total. The number of amides is 1. The molecule has 0 bridgehead atoms. The Bertz CT molecular complexity index is 829. The second-order valence-electron chi connectivity index (χ2n) is 5.88. The van der Waals surface area contributed by atoms with E-state index in [4.69, 9.17) is 4.74 Å². The number of aryl methyl sites for hydroxylation is 1. The lowest BCUT2D eigenvalue weighted by atomic mass is 9.97. The molecule has 0 unspecified atom stereocenters. The quantitative estimate of drug-likeness (QED) is 0.703. The minimum atomic E-state index is -0.579. The molecular formula is C19H20N5O2-. The molecule has 3 aromatic rings. The van der Waals surface area contributed by atoms with Crippen molar-refractivity contribution in [1.29, 1.82) is 0 Å². The highest BCUT2D eigenvalue weighted by Gasteiger charge is 2.21. The van der Waals surface area contributed by atoms with Crippen molar-refractivity contribution in [2.75, 3.05) is 12.4 Å². The van der Waals surface area contributed by atoms with Crippen LogP contribution in [0.3, 0.4) is 0 Å². The number of tetrazole rings is 1. The van der Waals surface area contributed by atoms with Gasteiger partial charge in [0, 0.05) is 11.5 Å². The van der Waals surface area contributed by atoms with Gasteiger partial charge in [0.15, 0.2) is 0 Å². The smallest absolute Gasteiger partial charge is 0.232 e. The second kappa shape index (κ2) is 8.24. The zero-order valence-electron chi connectivity index (χ0n) is 14.7. The summed E-state index contributed by atoms with van der Waals surface area (Å²) in [5.41, 5.74) is 2.92. The number of carbonyl (C=O) groups excluding carboxylic acids is 1. The zero-order chi connectivity index (χ0) is 18.4. The SMILES string of the molecule is CCc1ccc(NC(=O)[C@H](Cc2ccc(OC)cc2)c2nnn[n-]2)cc1. The molecule has 0 aliphatic carbocycles.